The van der Waals surface area contributed by atoms with Gasteiger partial charge < -0.3 is 25.0 Å². The molecule has 0 spiro atoms. The van der Waals surface area contributed by atoms with Crippen LogP contribution in [0.15, 0.2) is 78.9 Å². The number of benzene rings is 3. The monoisotopic (exact) mass is 605 g/mol. The number of hydrogen-bond donors (Lipinski definition) is 2. The predicted molar refractivity (Wildman–Crippen MR) is 146 cm³/mol. The van der Waals surface area contributed by atoms with Crippen LogP contribution in [0.5, 0.6) is 0 Å². The van der Waals surface area contributed by atoms with E-state index in [2.05, 4.69) is 5.32 Å². The molecule has 0 unspecified atom stereocenters. The van der Waals surface area contributed by atoms with Gasteiger partial charge in [-0.25, -0.2) is 4.79 Å². The second kappa shape index (κ2) is 13.2. The zero-order valence-corrected chi connectivity index (χ0v) is 22.9. The normalized spacial score (nSPS) is 15.5. The van der Waals surface area contributed by atoms with E-state index in [-0.39, 0.29) is 13.2 Å². The summed E-state index contributed by atoms with van der Waals surface area (Å²) in [6.45, 7) is -0.374. The van der Waals surface area contributed by atoms with Gasteiger partial charge in [0.05, 0.1) is 25.4 Å². The summed E-state index contributed by atoms with van der Waals surface area (Å²) < 4.78 is 73.9. The number of alkyl halides is 5. The number of nitrogens with one attached hydrogen (secondary N) is 2. The molecule has 0 saturated carbocycles. The zero-order chi connectivity index (χ0) is 31.2. The molecule has 0 bridgehead atoms. The molecule has 1 aliphatic rings. The number of carbonyl (C=O) groups is 3. The lowest BCUT2D eigenvalue weighted by atomic mass is 9.95. The average molecular weight is 606 g/mol. The summed E-state index contributed by atoms with van der Waals surface area (Å²) >= 11 is 0. The molecule has 0 aliphatic carbocycles. The highest BCUT2D eigenvalue weighted by atomic mass is 19.4. The number of halogens is 5. The number of ether oxygens (including phenoxy) is 2. The molecular weight excluding hydrogens is 577 g/mol. The lowest BCUT2D eigenvalue weighted by molar-refractivity contribution is -0.278. The van der Waals surface area contributed by atoms with Crippen LogP contribution in [0.2, 0.25) is 0 Å². The molecule has 3 aromatic carbocycles. The van der Waals surface area contributed by atoms with Crippen LogP contribution in [-0.2, 0) is 25.7 Å². The minimum Gasteiger partial charge on any atom is -0.436 e. The molecule has 1 aliphatic heterocycles. The largest absolute Gasteiger partial charge is 0.455 e. The van der Waals surface area contributed by atoms with Gasteiger partial charge in [0.25, 0.3) is 11.8 Å². The van der Waals surface area contributed by atoms with Gasteiger partial charge in [0.2, 0.25) is 0 Å². The summed E-state index contributed by atoms with van der Waals surface area (Å²) in [7, 11) is 0. The summed E-state index contributed by atoms with van der Waals surface area (Å²) in [5, 5.41) is 3.86. The molecule has 4 rings (SSSR count). The first kappa shape index (κ1) is 31.4. The van der Waals surface area contributed by atoms with E-state index in [1.165, 1.54) is 10.2 Å². The van der Waals surface area contributed by atoms with Gasteiger partial charge in [0, 0.05) is 12.1 Å². The van der Waals surface area contributed by atoms with Gasteiger partial charge in [-0.15, -0.1) is 0 Å². The third kappa shape index (κ3) is 7.47. The highest BCUT2D eigenvalue weighted by molar-refractivity contribution is 6.06. The standard InChI is InChI=1S/C30H28F5N3O5/c1-19(43-28(41)36-18-29(31,32)30(33,34)35)26(39)37-25-23-13-6-5-11-21(23)22-12-7-8-14-24(22)38(27(25)40)15-16-42-17-20-9-3-2-4-10-20/h2-14,19,25H,15-18H2,1H3,(H,36,41)(H,37,39)/t19-,25-/m0/s1. The van der Waals surface area contributed by atoms with Crippen molar-refractivity contribution >= 4 is 23.6 Å². The molecule has 0 aromatic heterocycles. The molecule has 3 aromatic rings. The second-order valence-electron chi connectivity index (χ2n) is 9.68. The molecule has 1 heterocycles. The first-order valence-corrected chi connectivity index (χ1v) is 13.2. The number of fused-ring (bicyclic) bond motifs is 3. The van der Waals surface area contributed by atoms with Gasteiger partial charge in [-0.1, -0.05) is 72.8 Å². The highest BCUT2D eigenvalue weighted by Gasteiger charge is 2.57. The molecule has 228 valence electrons. The van der Waals surface area contributed by atoms with E-state index in [9.17, 15) is 36.3 Å². The third-order valence-corrected chi connectivity index (χ3v) is 6.65. The van der Waals surface area contributed by atoms with Crippen LogP contribution in [0.3, 0.4) is 0 Å². The number of anilines is 1. The molecule has 0 fully saturated rings. The minimum absolute atomic E-state index is 0.130. The Morgan fingerprint density at radius 3 is 2.23 bits per heavy atom. The lowest BCUT2D eigenvalue weighted by Crippen LogP contribution is -2.49. The SMILES string of the molecule is C[C@H](OC(=O)NCC(F)(F)C(F)(F)F)C(=O)N[C@@H]1C(=O)N(CCOCc2ccccc2)c2ccccc2-c2ccccc21. The fraction of sp³-hybridized carbons (Fsp3) is 0.300. The molecule has 8 nitrogen and oxygen atoms in total. The van der Waals surface area contributed by atoms with Crippen molar-refractivity contribution in [3.63, 3.8) is 0 Å². The topological polar surface area (TPSA) is 97.0 Å². The minimum atomic E-state index is -5.88. The fourth-order valence-corrected chi connectivity index (χ4v) is 4.43. The predicted octanol–water partition coefficient (Wildman–Crippen LogP) is 5.39. The molecule has 0 saturated heterocycles. The molecule has 43 heavy (non-hydrogen) atoms. The van der Waals surface area contributed by atoms with Gasteiger partial charge in [0.15, 0.2) is 6.10 Å². The summed E-state index contributed by atoms with van der Waals surface area (Å²) in [4.78, 5) is 40.4. The summed E-state index contributed by atoms with van der Waals surface area (Å²) in [5.41, 5.74) is 3.35. The second-order valence-corrected chi connectivity index (χ2v) is 9.68. The van der Waals surface area contributed by atoms with Gasteiger partial charge in [-0.2, -0.15) is 22.0 Å². The van der Waals surface area contributed by atoms with Crippen LogP contribution in [0, 0.1) is 0 Å². The Morgan fingerprint density at radius 2 is 1.53 bits per heavy atom. The average Bonchev–Trinajstić information content (AvgIpc) is 3.07. The maximum absolute atomic E-state index is 14.0. The summed E-state index contributed by atoms with van der Waals surface area (Å²) in [6.07, 6.45) is -9.19. The lowest BCUT2D eigenvalue weighted by Gasteiger charge is -2.27. The van der Waals surface area contributed by atoms with Crippen molar-refractivity contribution in [2.24, 2.45) is 0 Å². The van der Waals surface area contributed by atoms with Crippen molar-refractivity contribution in [3.8, 4) is 11.1 Å². The number of rotatable bonds is 10. The molecular formula is C30H28F5N3O5. The number of para-hydroxylation sites is 1. The van der Waals surface area contributed by atoms with E-state index in [1.54, 1.807) is 42.5 Å². The zero-order valence-electron chi connectivity index (χ0n) is 22.9. The van der Waals surface area contributed by atoms with Crippen molar-refractivity contribution in [3.05, 3.63) is 90.0 Å². The van der Waals surface area contributed by atoms with Crippen molar-refractivity contribution in [1.29, 1.82) is 0 Å². The Morgan fingerprint density at radius 1 is 0.907 bits per heavy atom. The van der Waals surface area contributed by atoms with Gasteiger partial charge in [-0.05, 0) is 29.7 Å². The maximum atomic E-state index is 14.0. The fourth-order valence-electron chi connectivity index (χ4n) is 4.43. The van der Waals surface area contributed by atoms with Gasteiger partial charge in [-0.3, -0.25) is 9.59 Å². The van der Waals surface area contributed by atoms with Crippen LogP contribution >= 0.6 is 0 Å². The van der Waals surface area contributed by atoms with Crippen LogP contribution in [0.1, 0.15) is 24.1 Å². The maximum Gasteiger partial charge on any atom is 0.455 e. The van der Waals surface area contributed by atoms with E-state index in [0.29, 0.717) is 23.4 Å². The van der Waals surface area contributed by atoms with Crippen molar-refractivity contribution < 1.29 is 45.8 Å². The Bertz CT molecular complexity index is 1450. The number of carbonyl (C=O) groups excluding carboxylic acids is 3. The van der Waals surface area contributed by atoms with Crippen LogP contribution in [0.4, 0.5) is 32.4 Å². The van der Waals surface area contributed by atoms with Crippen molar-refractivity contribution in [1.82, 2.24) is 10.6 Å². The summed E-state index contributed by atoms with van der Waals surface area (Å²) in [5.74, 6) is -6.69. The first-order chi connectivity index (χ1) is 20.4. The van der Waals surface area contributed by atoms with Crippen molar-refractivity contribution in [2.45, 2.75) is 37.8 Å². The van der Waals surface area contributed by atoms with E-state index < -0.39 is 48.7 Å². The number of hydrogen-bond acceptors (Lipinski definition) is 5. The third-order valence-electron chi connectivity index (χ3n) is 6.65. The van der Waals surface area contributed by atoms with E-state index >= 15 is 0 Å². The molecule has 2 atom stereocenters. The van der Waals surface area contributed by atoms with Gasteiger partial charge in [0.1, 0.15) is 6.04 Å². The molecule has 2 N–H and O–H groups in total. The number of alkyl carbamates (subject to hydrolysis) is 1. The van der Waals surface area contributed by atoms with Gasteiger partial charge >= 0.3 is 18.2 Å². The highest BCUT2D eigenvalue weighted by Crippen LogP contribution is 2.40. The smallest absolute Gasteiger partial charge is 0.436 e. The summed E-state index contributed by atoms with van der Waals surface area (Å²) in [6, 6.07) is 22.2. The molecule has 13 heteroatoms. The van der Waals surface area contributed by atoms with E-state index in [0.717, 1.165) is 18.1 Å². The van der Waals surface area contributed by atoms with Crippen LogP contribution < -0.4 is 15.5 Å². The molecule has 0 radical (unpaired) electrons. The number of amides is 3. The molecule has 3 amide bonds. The number of nitrogens with zero attached hydrogens (tertiary/aromatic N) is 1. The quantitative estimate of drug-likeness (QED) is 0.239. The Hall–Kier alpha value is -4.52. The Balaban J connectivity index is 1.50. The van der Waals surface area contributed by atoms with E-state index in [1.807, 2.05) is 36.4 Å². The van der Waals surface area contributed by atoms with Crippen LogP contribution in [0.25, 0.3) is 11.1 Å². The first-order valence-electron chi connectivity index (χ1n) is 13.2. The Kier molecular flexibility index (Phi) is 9.64. The van der Waals surface area contributed by atoms with Crippen LogP contribution in [-0.4, -0.2) is 55.8 Å². The van der Waals surface area contributed by atoms with Crippen molar-refractivity contribution in [2.75, 3.05) is 24.6 Å². The Labute approximate surface area is 243 Å². The van der Waals surface area contributed by atoms with E-state index in [4.69, 9.17) is 9.47 Å².